The van der Waals surface area contributed by atoms with Crippen LogP contribution in [0, 0.1) is 0 Å². The molecule has 0 radical (unpaired) electrons. The van der Waals surface area contributed by atoms with Gasteiger partial charge in [-0.15, -0.1) is 0 Å². The number of aliphatic hydroxyl groups is 1. The van der Waals surface area contributed by atoms with Crippen molar-refractivity contribution in [3.8, 4) is 0 Å². The van der Waals surface area contributed by atoms with Crippen molar-refractivity contribution >= 4 is 27.4 Å². The lowest BCUT2D eigenvalue weighted by molar-refractivity contribution is 0.191. The SMILES string of the molecule is CN(C)CC1CC(O)CN1c1nc(Br)cn2ccnc12. The van der Waals surface area contributed by atoms with Crippen LogP contribution in [0.15, 0.2) is 23.2 Å². The summed E-state index contributed by atoms with van der Waals surface area (Å²) in [6, 6.07) is 0.252. The molecule has 1 fully saturated rings. The summed E-state index contributed by atoms with van der Waals surface area (Å²) in [4.78, 5) is 13.3. The van der Waals surface area contributed by atoms with E-state index in [9.17, 15) is 5.11 Å². The zero-order valence-corrected chi connectivity index (χ0v) is 13.2. The molecule has 108 valence electrons. The molecule has 0 amide bonds. The van der Waals surface area contributed by atoms with E-state index in [0.29, 0.717) is 6.54 Å². The Morgan fingerprint density at radius 1 is 1.50 bits per heavy atom. The molecule has 6 nitrogen and oxygen atoms in total. The summed E-state index contributed by atoms with van der Waals surface area (Å²) >= 11 is 3.44. The number of nitrogens with zero attached hydrogens (tertiary/aromatic N) is 5. The molecule has 0 saturated carbocycles. The van der Waals surface area contributed by atoms with Crippen LogP contribution in [0.2, 0.25) is 0 Å². The van der Waals surface area contributed by atoms with Crippen LogP contribution in [0.25, 0.3) is 5.65 Å². The zero-order chi connectivity index (χ0) is 14.3. The first-order valence-corrected chi connectivity index (χ1v) is 7.42. The highest BCUT2D eigenvalue weighted by molar-refractivity contribution is 9.10. The molecule has 1 aliphatic rings. The van der Waals surface area contributed by atoms with Crippen molar-refractivity contribution in [1.29, 1.82) is 0 Å². The van der Waals surface area contributed by atoms with Crippen LogP contribution in [0.3, 0.4) is 0 Å². The molecular formula is C13H18BrN5O. The molecule has 3 heterocycles. The lowest BCUT2D eigenvalue weighted by Gasteiger charge is -2.27. The highest BCUT2D eigenvalue weighted by Gasteiger charge is 2.33. The maximum absolute atomic E-state index is 10.0. The van der Waals surface area contributed by atoms with Crippen LogP contribution in [-0.4, -0.2) is 63.7 Å². The second-order valence-corrected chi connectivity index (χ2v) is 6.32. The Labute approximate surface area is 126 Å². The molecule has 7 heteroatoms. The summed E-state index contributed by atoms with van der Waals surface area (Å²) in [5.74, 6) is 0.827. The van der Waals surface area contributed by atoms with E-state index in [1.165, 1.54) is 0 Å². The number of β-amino-alcohol motifs (C(OH)–C–C–N with tert-alkyl or cyclic N) is 1. The Morgan fingerprint density at radius 2 is 2.30 bits per heavy atom. The summed E-state index contributed by atoms with van der Waals surface area (Å²) in [6.07, 6.45) is 6.01. The quantitative estimate of drug-likeness (QED) is 0.903. The van der Waals surface area contributed by atoms with Gasteiger partial charge in [0.2, 0.25) is 0 Å². The zero-order valence-electron chi connectivity index (χ0n) is 11.6. The van der Waals surface area contributed by atoms with Crippen LogP contribution < -0.4 is 4.90 Å². The fraction of sp³-hybridized carbons (Fsp3) is 0.538. The number of rotatable bonds is 3. The normalized spacial score (nSPS) is 23.1. The molecule has 3 rings (SSSR count). The van der Waals surface area contributed by atoms with Gasteiger partial charge in [0.15, 0.2) is 11.5 Å². The average molecular weight is 340 g/mol. The minimum absolute atomic E-state index is 0.252. The molecule has 2 atom stereocenters. The van der Waals surface area contributed by atoms with E-state index in [2.05, 4.69) is 35.7 Å². The molecule has 0 bridgehead atoms. The van der Waals surface area contributed by atoms with E-state index < -0.39 is 0 Å². The minimum atomic E-state index is -0.309. The van der Waals surface area contributed by atoms with Crippen LogP contribution >= 0.6 is 15.9 Å². The fourth-order valence-electron chi connectivity index (χ4n) is 2.82. The Morgan fingerprint density at radius 3 is 3.05 bits per heavy atom. The third-order valence-corrected chi connectivity index (χ3v) is 3.95. The smallest absolute Gasteiger partial charge is 0.180 e. The number of likely N-dealkylation sites (N-methyl/N-ethyl adjacent to an activating group) is 1. The van der Waals surface area contributed by atoms with Crippen molar-refractivity contribution in [2.75, 3.05) is 32.1 Å². The number of imidazole rings is 1. The van der Waals surface area contributed by atoms with Gasteiger partial charge in [0.05, 0.1) is 6.10 Å². The monoisotopic (exact) mass is 339 g/mol. The second kappa shape index (κ2) is 5.31. The molecule has 20 heavy (non-hydrogen) atoms. The largest absolute Gasteiger partial charge is 0.391 e. The lowest BCUT2D eigenvalue weighted by Crippen LogP contribution is -2.38. The van der Waals surface area contributed by atoms with Crippen molar-refractivity contribution in [3.05, 3.63) is 23.2 Å². The molecule has 0 aromatic carbocycles. The standard InChI is InChI=1S/C13H18BrN5O/c1-17(2)6-9-5-10(20)7-19(9)13-12-15-3-4-18(12)8-11(14)16-13/h3-4,8-10,20H,5-7H2,1-2H3. The van der Waals surface area contributed by atoms with Gasteiger partial charge in [0.1, 0.15) is 4.60 Å². The van der Waals surface area contributed by atoms with Crippen LogP contribution in [0.4, 0.5) is 5.82 Å². The molecule has 2 aromatic heterocycles. The number of aliphatic hydroxyl groups excluding tert-OH is 1. The summed E-state index contributed by atoms with van der Waals surface area (Å²) in [5, 5.41) is 10.0. The lowest BCUT2D eigenvalue weighted by atomic mass is 10.2. The Hall–Kier alpha value is -1.18. The number of fused-ring (bicyclic) bond motifs is 1. The van der Waals surface area contributed by atoms with Crippen molar-refractivity contribution in [2.24, 2.45) is 0 Å². The van der Waals surface area contributed by atoms with Gasteiger partial charge >= 0.3 is 0 Å². The topological polar surface area (TPSA) is 56.9 Å². The average Bonchev–Trinajstić information content (AvgIpc) is 2.94. The highest BCUT2D eigenvalue weighted by Crippen LogP contribution is 2.28. The van der Waals surface area contributed by atoms with Crippen molar-refractivity contribution < 1.29 is 5.11 Å². The maximum Gasteiger partial charge on any atom is 0.180 e. The first-order chi connectivity index (χ1) is 9.54. The molecule has 1 N–H and O–H groups in total. The van der Waals surface area contributed by atoms with E-state index >= 15 is 0 Å². The van der Waals surface area contributed by atoms with E-state index in [0.717, 1.165) is 29.0 Å². The molecular weight excluding hydrogens is 322 g/mol. The summed E-state index contributed by atoms with van der Waals surface area (Å²) in [6.45, 7) is 1.49. The van der Waals surface area contributed by atoms with E-state index in [4.69, 9.17) is 0 Å². The Kier molecular flexibility index (Phi) is 3.66. The van der Waals surface area contributed by atoms with Gasteiger partial charge in [-0.1, -0.05) is 0 Å². The number of anilines is 1. The molecule has 1 aliphatic heterocycles. The van der Waals surface area contributed by atoms with Crippen molar-refractivity contribution in [1.82, 2.24) is 19.3 Å². The van der Waals surface area contributed by atoms with Gasteiger partial charge in [-0.25, -0.2) is 9.97 Å². The summed E-state index contributed by atoms with van der Waals surface area (Å²) in [7, 11) is 4.09. The van der Waals surface area contributed by atoms with Gasteiger partial charge in [0.25, 0.3) is 0 Å². The molecule has 0 aliphatic carbocycles. The second-order valence-electron chi connectivity index (χ2n) is 5.50. The Balaban J connectivity index is 2.02. The predicted molar refractivity (Wildman–Crippen MR) is 81.0 cm³/mol. The van der Waals surface area contributed by atoms with Gasteiger partial charge < -0.3 is 19.3 Å². The van der Waals surface area contributed by atoms with Crippen LogP contribution in [0.1, 0.15) is 6.42 Å². The van der Waals surface area contributed by atoms with Gasteiger partial charge in [-0.3, -0.25) is 0 Å². The highest BCUT2D eigenvalue weighted by atomic mass is 79.9. The van der Waals surface area contributed by atoms with E-state index in [1.807, 2.05) is 30.9 Å². The number of hydrogen-bond acceptors (Lipinski definition) is 5. The van der Waals surface area contributed by atoms with Crippen LogP contribution in [-0.2, 0) is 0 Å². The third-order valence-electron chi connectivity index (χ3n) is 3.57. The van der Waals surface area contributed by atoms with Crippen molar-refractivity contribution in [2.45, 2.75) is 18.6 Å². The first kappa shape index (κ1) is 13.8. The summed E-state index contributed by atoms with van der Waals surface area (Å²) < 4.78 is 2.71. The van der Waals surface area contributed by atoms with Crippen LogP contribution in [0.5, 0.6) is 0 Å². The van der Waals surface area contributed by atoms with E-state index in [1.54, 1.807) is 6.20 Å². The number of aromatic nitrogens is 3. The van der Waals surface area contributed by atoms with Crippen molar-refractivity contribution in [3.63, 3.8) is 0 Å². The fourth-order valence-corrected chi connectivity index (χ4v) is 3.21. The summed E-state index contributed by atoms with van der Waals surface area (Å²) in [5.41, 5.74) is 0.825. The molecule has 1 saturated heterocycles. The predicted octanol–water partition coefficient (Wildman–Crippen LogP) is 0.993. The van der Waals surface area contributed by atoms with Gasteiger partial charge in [0, 0.05) is 37.7 Å². The van der Waals surface area contributed by atoms with E-state index in [-0.39, 0.29) is 12.1 Å². The number of halogens is 1. The Bertz CT molecular complexity index is 614. The third kappa shape index (κ3) is 2.53. The molecule has 2 unspecified atom stereocenters. The molecule has 0 spiro atoms. The number of hydrogen-bond donors (Lipinski definition) is 1. The first-order valence-electron chi connectivity index (χ1n) is 6.63. The van der Waals surface area contributed by atoms with Gasteiger partial charge in [-0.05, 0) is 36.4 Å². The molecule has 2 aromatic rings. The minimum Gasteiger partial charge on any atom is -0.391 e. The van der Waals surface area contributed by atoms with Gasteiger partial charge in [-0.2, -0.15) is 0 Å². The maximum atomic E-state index is 10.0.